The van der Waals surface area contributed by atoms with Gasteiger partial charge in [0.25, 0.3) is 5.91 Å². The van der Waals surface area contributed by atoms with E-state index in [0.717, 1.165) is 50.6 Å². The van der Waals surface area contributed by atoms with Gasteiger partial charge in [0.1, 0.15) is 5.75 Å². The van der Waals surface area contributed by atoms with E-state index in [2.05, 4.69) is 22.3 Å². The maximum absolute atomic E-state index is 12.0. The number of carbonyl (C=O) groups is 1. The zero-order valence-electron chi connectivity index (χ0n) is 15.0. The lowest BCUT2D eigenvalue weighted by Crippen LogP contribution is -2.42. The summed E-state index contributed by atoms with van der Waals surface area (Å²) in [6.45, 7) is 4.92. The molecule has 0 atom stereocenters. The van der Waals surface area contributed by atoms with E-state index >= 15 is 0 Å². The van der Waals surface area contributed by atoms with Crippen molar-refractivity contribution in [2.24, 2.45) is 0 Å². The van der Waals surface area contributed by atoms with Crippen LogP contribution in [0.2, 0.25) is 0 Å². The maximum Gasteiger partial charge on any atom is 0.257 e. The normalized spacial score (nSPS) is 14.8. The highest BCUT2D eigenvalue weighted by Gasteiger charge is 2.11. The minimum absolute atomic E-state index is 0.0366. The van der Waals surface area contributed by atoms with Crippen LogP contribution in [0, 0.1) is 0 Å². The Balaban J connectivity index is 1.44. The summed E-state index contributed by atoms with van der Waals surface area (Å²) >= 11 is 0. The molecule has 1 aliphatic heterocycles. The van der Waals surface area contributed by atoms with Crippen LogP contribution in [0.3, 0.4) is 0 Å². The van der Waals surface area contributed by atoms with Crippen molar-refractivity contribution in [1.29, 1.82) is 0 Å². The molecule has 2 aromatic carbocycles. The molecule has 1 fully saturated rings. The third-order valence-electron chi connectivity index (χ3n) is 4.42. The fraction of sp³-hybridized carbons (Fsp3) is 0.381. The first kappa shape index (κ1) is 18.4. The molecule has 5 heteroatoms. The Hall–Kier alpha value is -2.37. The second-order valence-electron chi connectivity index (χ2n) is 6.36. The fourth-order valence-corrected chi connectivity index (χ4v) is 2.98. The van der Waals surface area contributed by atoms with Crippen LogP contribution in [0.4, 0.5) is 0 Å². The average Bonchev–Trinajstić information content (AvgIpc) is 2.69. The smallest absolute Gasteiger partial charge is 0.257 e. The number of benzene rings is 2. The largest absolute Gasteiger partial charge is 0.483 e. The quantitative estimate of drug-likeness (QED) is 0.789. The lowest BCUT2D eigenvalue weighted by molar-refractivity contribution is -0.123. The van der Waals surface area contributed by atoms with Crippen molar-refractivity contribution in [3.05, 3.63) is 65.7 Å². The Labute approximate surface area is 154 Å². The predicted octanol–water partition coefficient (Wildman–Crippen LogP) is 2.10. The summed E-state index contributed by atoms with van der Waals surface area (Å²) in [6, 6.07) is 18.1. The number of carbonyl (C=O) groups excluding carboxylic acids is 1. The minimum Gasteiger partial charge on any atom is -0.483 e. The lowest BCUT2D eigenvalue weighted by atomic mass is 10.0. The first-order valence-corrected chi connectivity index (χ1v) is 9.13. The Kier molecular flexibility index (Phi) is 7.05. The summed E-state index contributed by atoms with van der Waals surface area (Å²) in [5, 5.41) is 2.92. The van der Waals surface area contributed by atoms with Gasteiger partial charge in [0, 0.05) is 32.6 Å². The van der Waals surface area contributed by atoms with E-state index in [9.17, 15) is 4.79 Å². The highest BCUT2D eigenvalue weighted by atomic mass is 16.5. The summed E-state index contributed by atoms with van der Waals surface area (Å²) < 4.78 is 11.1. The highest BCUT2D eigenvalue weighted by Crippen LogP contribution is 2.21. The molecule has 1 aliphatic rings. The van der Waals surface area contributed by atoms with E-state index < -0.39 is 0 Å². The van der Waals surface area contributed by atoms with Crippen molar-refractivity contribution < 1.29 is 14.3 Å². The van der Waals surface area contributed by atoms with E-state index in [4.69, 9.17) is 9.47 Å². The van der Waals surface area contributed by atoms with E-state index in [-0.39, 0.29) is 12.5 Å². The summed E-state index contributed by atoms with van der Waals surface area (Å²) in [7, 11) is 0. The molecule has 138 valence electrons. The molecule has 0 unspecified atom stereocenters. The molecular weight excluding hydrogens is 328 g/mol. The molecule has 1 N–H and O–H groups in total. The monoisotopic (exact) mass is 354 g/mol. The first-order chi connectivity index (χ1) is 12.8. The topological polar surface area (TPSA) is 50.8 Å². The molecule has 0 aromatic heterocycles. The molecule has 1 amide bonds. The Morgan fingerprint density at radius 3 is 2.58 bits per heavy atom. The van der Waals surface area contributed by atoms with Crippen molar-refractivity contribution >= 4 is 5.91 Å². The minimum atomic E-state index is -0.0900. The number of hydrogen-bond acceptors (Lipinski definition) is 4. The van der Waals surface area contributed by atoms with Gasteiger partial charge in [0.2, 0.25) is 0 Å². The van der Waals surface area contributed by atoms with Gasteiger partial charge in [-0.25, -0.2) is 0 Å². The molecule has 26 heavy (non-hydrogen) atoms. The van der Waals surface area contributed by atoms with Crippen LogP contribution in [-0.4, -0.2) is 56.8 Å². The van der Waals surface area contributed by atoms with Crippen LogP contribution in [0.25, 0.3) is 0 Å². The number of hydrogen-bond donors (Lipinski definition) is 1. The molecule has 1 saturated heterocycles. The van der Waals surface area contributed by atoms with Crippen molar-refractivity contribution in [3.8, 4) is 5.75 Å². The molecule has 2 aromatic rings. The highest BCUT2D eigenvalue weighted by molar-refractivity contribution is 5.77. The third kappa shape index (κ3) is 5.86. The molecule has 3 rings (SSSR count). The summed E-state index contributed by atoms with van der Waals surface area (Å²) in [5.41, 5.74) is 2.30. The summed E-state index contributed by atoms with van der Waals surface area (Å²) in [5.74, 6) is 0.674. The van der Waals surface area contributed by atoms with E-state index in [1.807, 2.05) is 42.5 Å². The van der Waals surface area contributed by atoms with Crippen molar-refractivity contribution in [1.82, 2.24) is 10.2 Å². The molecule has 0 radical (unpaired) electrons. The van der Waals surface area contributed by atoms with E-state index in [1.165, 1.54) is 5.56 Å². The number of nitrogens with one attached hydrogen (secondary N) is 1. The predicted molar refractivity (Wildman–Crippen MR) is 101 cm³/mol. The standard InChI is InChI=1S/C21H26N2O3/c24-21(22-10-11-23-12-14-25-15-13-23)17-26-20-9-5-4-8-19(20)16-18-6-2-1-3-7-18/h1-9H,10-17H2,(H,22,24). The molecule has 0 bridgehead atoms. The summed E-state index contributed by atoms with van der Waals surface area (Å²) in [4.78, 5) is 14.3. The summed E-state index contributed by atoms with van der Waals surface area (Å²) in [6.07, 6.45) is 0.787. The van der Waals surface area contributed by atoms with Crippen LogP contribution >= 0.6 is 0 Å². The van der Waals surface area contributed by atoms with Gasteiger partial charge >= 0.3 is 0 Å². The molecule has 0 saturated carbocycles. The number of rotatable bonds is 8. The van der Waals surface area contributed by atoms with Gasteiger partial charge in [-0.3, -0.25) is 9.69 Å². The van der Waals surface area contributed by atoms with Crippen LogP contribution < -0.4 is 10.1 Å². The zero-order valence-corrected chi connectivity index (χ0v) is 15.0. The molecule has 1 heterocycles. The van der Waals surface area contributed by atoms with Gasteiger partial charge in [-0.2, -0.15) is 0 Å². The fourth-order valence-electron chi connectivity index (χ4n) is 2.98. The number of amides is 1. The Morgan fingerprint density at radius 2 is 1.77 bits per heavy atom. The van der Waals surface area contributed by atoms with Gasteiger partial charge in [-0.15, -0.1) is 0 Å². The Morgan fingerprint density at radius 1 is 1.04 bits per heavy atom. The molecular formula is C21H26N2O3. The van der Waals surface area contributed by atoms with Crippen molar-refractivity contribution in [3.63, 3.8) is 0 Å². The maximum atomic E-state index is 12.0. The van der Waals surface area contributed by atoms with Gasteiger partial charge in [0.15, 0.2) is 6.61 Å². The number of morpholine rings is 1. The first-order valence-electron chi connectivity index (χ1n) is 9.13. The number of nitrogens with zero attached hydrogens (tertiary/aromatic N) is 1. The van der Waals surface area contributed by atoms with E-state index in [1.54, 1.807) is 0 Å². The van der Waals surface area contributed by atoms with Gasteiger partial charge in [0.05, 0.1) is 13.2 Å². The number of para-hydroxylation sites is 1. The Bertz CT molecular complexity index is 685. The lowest BCUT2D eigenvalue weighted by Gasteiger charge is -2.26. The number of ether oxygens (including phenoxy) is 2. The molecule has 0 aliphatic carbocycles. The SMILES string of the molecule is O=C(COc1ccccc1Cc1ccccc1)NCCN1CCOCC1. The average molecular weight is 354 g/mol. The van der Waals surface area contributed by atoms with Crippen LogP contribution in [0.1, 0.15) is 11.1 Å². The zero-order chi connectivity index (χ0) is 18.0. The van der Waals surface area contributed by atoms with Gasteiger partial charge in [-0.05, 0) is 17.2 Å². The van der Waals surface area contributed by atoms with Crippen LogP contribution in [-0.2, 0) is 16.0 Å². The van der Waals surface area contributed by atoms with E-state index in [0.29, 0.717) is 6.54 Å². The van der Waals surface area contributed by atoms with Crippen molar-refractivity contribution in [2.75, 3.05) is 46.0 Å². The third-order valence-corrected chi connectivity index (χ3v) is 4.42. The van der Waals surface area contributed by atoms with Crippen molar-refractivity contribution in [2.45, 2.75) is 6.42 Å². The molecule has 0 spiro atoms. The second kappa shape index (κ2) is 9.94. The van der Waals surface area contributed by atoms with Crippen LogP contribution in [0.5, 0.6) is 5.75 Å². The van der Waals surface area contributed by atoms with Crippen LogP contribution in [0.15, 0.2) is 54.6 Å². The molecule has 5 nitrogen and oxygen atoms in total. The second-order valence-corrected chi connectivity index (χ2v) is 6.36. The van der Waals surface area contributed by atoms with Gasteiger partial charge in [-0.1, -0.05) is 48.5 Å². The van der Waals surface area contributed by atoms with Gasteiger partial charge < -0.3 is 14.8 Å².